The highest BCUT2D eigenvalue weighted by molar-refractivity contribution is 6.41. The second-order valence-corrected chi connectivity index (χ2v) is 28.4. The second-order valence-electron chi connectivity index (χ2n) is 28.1. The molecule has 0 atom stereocenters. The zero-order valence-corrected chi connectivity index (χ0v) is 53.5. The molecule has 14 aromatic rings. The maximum atomic E-state index is 8.54. The quantitative estimate of drug-likeness (QED) is 0.144. The standard InChI is InChI=1S/C82H76ClN5/c1-79(2,3)53-35-43-59(44-36-53)84(60-45-37-54(38-46-60)80(4,5)6)70-51-63(52-71(75(70)83)85(61-47-39-55(40-48-61)81(7,8)9)62-49-41-56(42-50-62)82(10,11)12)88-69-34-24-21-31-66(69)74-77-72(64-29-19-22-32-67(64)86(77)57-25-15-13-16-26-57)76-73(78(74)88)65-30-20-23-33-68(65)87(76)58-27-17-14-18-28-58/h13-52H,1-12H3. The molecule has 3 aromatic heterocycles. The number of nitrogens with zero attached hydrogens (tertiary/aromatic N) is 5. The highest BCUT2D eigenvalue weighted by atomic mass is 35.5. The molecule has 0 aliphatic rings. The zero-order chi connectivity index (χ0) is 61.2. The number of rotatable bonds is 9. The predicted octanol–water partition coefficient (Wildman–Crippen LogP) is 23.8. The van der Waals surface area contributed by atoms with Gasteiger partial charge >= 0.3 is 0 Å². The van der Waals surface area contributed by atoms with Crippen LogP contribution in [0.25, 0.3) is 82.5 Å². The van der Waals surface area contributed by atoms with Crippen molar-refractivity contribution in [2.24, 2.45) is 0 Å². The van der Waals surface area contributed by atoms with E-state index in [1.54, 1.807) is 0 Å². The Hall–Kier alpha value is -9.29. The SMILES string of the molecule is CC(C)(C)c1ccc(N(c2ccc(C(C)(C)C)cc2)c2cc(-n3c4ccccc4c4c5c(c6ccccc6n5-c5ccccc5)c5c(c6ccccc6n5-c5ccccc5)c43)cc(N(c3ccc(C(C)(C)C)cc3)c3ccc(C(C)(C)C)cc3)c2Cl)cc1. The van der Waals surface area contributed by atoms with Crippen LogP contribution in [0.1, 0.15) is 105 Å². The number of hydrogen-bond donors (Lipinski definition) is 0. The first-order valence-corrected chi connectivity index (χ1v) is 31.4. The van der Waals surface area contributed by atoms with Crippen LogP contribution in [0.5, 0.6) is 0 Å². The Morgan fingerprint density at radius 2 is 0.511 bits per heavy atom. The third kappa shape index (κ3) is 9.45. The van der Waals surface area contributed by atoms with Crippen molar-refractivity contribution in [3.63, 3.8) is 0 Å². The molecule has 11 aromatic carbocycles. The molecule has 0 spiro atoms. The molecule has 0 saturated heterocycles. The van der Waals surface area contributed by atoms with E-state index in [1.807, 2.05) is 0 Å². The van der Waals surface area contributed by atoms with Gasteiger partial charge in [-0.05, 0) is 147 Å². The van der Waals surface area contributed by atoms with Crippen LogP contribution in [0.4, 0.5) is 34.1 Å². The molecular formula is C82H76ClN5. The third-order valence-electron chi connectivity index (χ3n) is 18.1. The maximum absolute atomic E-state index is 8.54. The van der Waals surface area contributed by atoms with E-state index in [4.69, 9.17) is 11.6 Å². The summed E-state index contributed by atoms with van der Waals surface area (Å²) in [6.07, 6.45) is 0. The Labute approximate surface area is 523 Å². The molecule has 5 nitrogen and oxygen atoms in total. The molecule has 0 N–H and O–H groups in total. The van der Waals surface area contributed by atoms with Gasteiger partial charge in [0, 0.05) is 66.4 Å². The van der Waals surface area contributed by atoms with Crippen LogP contribution in [0.3, 0.4) is 0 Å². The van der Waals surface area contributed by atoms with E-state index < -0.39 is 0 Å². The van der Waals surface area contributed by atoms with E-state index in [0.717, 1.165) is 89.7 Å². The summed E-state index contributed by atoms with van der Waals surface area (Å²) >= 11 is 8.54. The average molecular weight is 1170 g/mol. The van der Waals surface area contributed by atoms with Gasteiger partial charge in [-0.3, -0.25) is 0 Å². The lowest BCUT2D eigenvalue weighted by molar-refractivity contribution is 0.590. The van der Waals surface area contributed by atoms with Gasteiger partial charge < -0.3 is 23.5 Å². The highest BCUT2D eigenvalue weighted by Crippen LogP contribution is 2.54. The number of benzene rings is 11. The van der Waals surface area contributed by atoms with Crippen molar-refractivity contribution >= 4 is 111 Å². The molecule has 3 heterocycles. The van der Waals surface area contributed by atoms with Crippen molar-refractivity contribution in [2.45, 2.75) is 105 Å². The normalized spacial score (nSPS) is 12.6. The Morgan fingerprint density at radius 1 is 0.273 bits per heavy atom. The molecule has 14 rings (SSSR count). The minimum atomic E-state index is -0.0584. The van der Waals surface area contributed by atoms with Gasteiger partial charge in [0.2, 0.25) is 0 Å². The fourth-order valence-electron chi connectivity index (χ4n) is 13.4. The van der Waals surface area contributed by atoms with Gasteiger partial charge in [0.05, 0.1) is 55.2 Å². The summed E-state index contributed by atoms with van der Waals surface area (Å²) < 4.78 is 7.60. The third-order valence-corrected chi connectivity index (χ3v) is 18.5. The summed E-state index contributed by atoms with van der Waals surface area (Å²) in [7, 11) is 0. The van der Waals surface area contributed by atoms with Gasteiger partial charge in [0.1, 0.15) is 0 Å². The van der Waals surface area contributed by atoms with Gasteiger partial charge in [0.25, 0.3) is 0 Å². The van der Waals surface area contributed by atoms with Crippen LogP contribution in [0, 0.1) is 0 Å². The van der Waals surface area contributed by atoms with Crippen molar-refractivity contribution in [2.75, 3.05) is 9.80 Å². The van der Waals surface area contributed by atoms with Crippen molar-refractivity contribution in [3.8, 4) is 17.1 Å². The summed E-state index contributed by atoms with van der Waals surface area (Å²) in [6.45, 7) is 27.3. The van der Waals surface area contributed by atoms with Crippen LogP contribution in [0.15, 0.2) is 243 Å². The smallest absolute Gasteiger partial charge is 0.0888 e. The number of para-hydroxylation sites is 5. The first-order chi connectivity index (χ1) is 42.1. The van der Waals surface area contributed by atoms with Gasteiger partial charge in [-0.2, -0.15) is 0 Å². The molecule has 436 valence electrons. The average Bonchev–Trinajstić information content (AvgIpc) is 1.51. The van der Waals surface area contributed by atoms with E-state index in [2.05, 4.69) is 349 Å². The zero-order valence-electron chi connectivity index (χ0n) is 52.7. The number of halogens is 1. The molecule has 0 unspecified atom stereocenters. The Balaban J connectivity index is 1.20. The van der Waals surface area contributed by atoms with Crippen molar-refractivity contribution in [1.29, 1.82) is 0 Å². The molecule has 0 aliphatic carbocycles. The van der Waals surface area contributed by atoms with Crippen molar-refractivity contribution in [1.82, 2.24) is 13.7 Å². The second kappa shape index (κ2) is 21.0. The number of anilines is 6. The van der Waals surface area contributed by atoms with E-state index in [1.165, 1.54) is 49.2 Å². The molecular weight excluding hydrogens is 1090 g/mol. The summed E-state index contributed by atoms with van der Waals surface area (Å²) in [6, 6.07) is 90.1. The van der Waals surface area contributed by atoms with Crippen LogP contribution < -0.4 is 9.80 Å². The lowest BCUT2D eigenvalue weighted by Gasteiger charge is -2.33. The minimum absolute atomic E-state index is 0.0584. The molecule has 0 radical (unpaired) electrons. The Morgan fingerprint density at radius 3 is 0.773 bits per heavy atom. The van der Waals surface area contributed by atoms with Gasteiger partial charge in [-0.25, -0.2) is 0 Å². The van der Waals surface area contributed by atoms with Gasteiger partial charge in [0.15, 0.2) is 0 Å². The predicted molar refractivity (Wildman–Crippen MR) is 379 cm³/mol. The van der Waals surface area contributed by atoms with E-state index >= 15 is 0 Å². The summed E-state index contributed by atoms with van der Waals surface area (Å²) in [5, 5.41) is 7.67. The van der Waals surface area contributed by atoms with Crippen LogP contribution >= 0.6 is 11.6 Å². The van der Waals surface area contributed by atoms with Crippen LogP contribution in [-0.4, -0.2) is 13.7 Å². The molecule has 88 heavy (non-hydrogen) atoms. The monoisotopic (exact) mass is 1170 g/mol. The number of hydrogen-bond acceptors (Lipinski definition) is 2. The highest BCUT2D eigenvalue weighted by Gasteiger charge is 2.32. The minimum Gasteiger partial charge on any atom is -0.309 e. The summed E-state index contributed by atoms with van der Waals surface area (Å²) in [4.78, 5) is 4.77. The van der Waals surface area contributed by atoms with Gasteiger partial charge in [-0.1, -0.05) is 234 Å². The fourth-order valence-corrected chi connectivity index (χ4v) is 13.7. The molecule has 0 fully saturated rings. The van der Waals surface area contributed by atoms with E-state index in [9.17, 15) is 0 Å². The Bertz CT molecular complexity index is 4630. The number of fused-ring (bicyclic) bond motifs is 12. The van der Waals surface area contributed by atoms with E-state index in [0.29, 0.717) is 5.02 Å². The molecule has 0 bridgehead atoms. The maximum Gasteiger partial charge on any atom is 0.0888 e. The lowest BCUT2D eigenvalue weighted by Crippen LogP contribution is -2.17. The van der Waals surface area contributed by atoms with Crippen molar-refractivity contribution in [3.05, 3.63) is 270 Å². The molecule has 0 aliphatic heterocycles. The summed E-state index contributed by atoms with van der Waals surface area (Å²) in [5.41, 5.74) is 20.4. The molecule has 0 amide bonds. The first kappa shape index (κ1) is 56.5. The first-order valence-electron chi connectivity index (χ1n) is 31.0. The van der Waals surface area contributed by atoms with Crippen LogP contribution in [-0.2, 0) is 21.7 Å². The summed E-state index contributed by atoms with van der Waals surface area (Å²) in [5.74, 6) is 0. The number of aromatic nitrogens is 3. The Kier molecular flexibility index (Phi) is 13.5. The van der Waals surface area contributed by atoms with Crippen molar-refractivity contribution < 1.29 is 0 Å². The van der Waals surface area contributed by atoms with Crippen LogP contribution in [0.2, 0.25) is 5.02 Å². The topological polar surface area (TPSA) is 21.3 Å². The fraction of sp³-hybridized carbons (Fsp3) is 0.195. The largest absolute Gasteiger partial charge is 0.309 e. The van der Waals surface area contributed by atoms with E-state index in [-0.39, 0.29) is 21.7 Å². The molecule has 0 saturated carbocycles. The molecule has 6 heteroatoms. The van der Waals surface area contributed by atoms with Gasteiger partial charge in [-0.15, -0.1) is 0 Å². The lowest BCUT2D eigenvalue weighted by atomic mass is 9.86.